The van der Waals surface area contributed by atoms with Gasteiger partial charge in [-0.25, -0.2) is 9.78 Å². The summed E-state index contributed by atoms with van der Waals surface area (Å²) in [6.45, 7) is 6.13. The van der Waals surface area contributed by atoms with Crippen molar-refractivity contribution >= 4 is 17.8 Å². The number of nitrogens with one attached hydrogen (secondary N) is 1. The predicted molar refractivity (Wildman–Crippen MR) is 108 cm³/mol. The Morgan fingerprint density at radius 1 is 1.27 bits per heavy atom. The number of ether oxygens (including phenoxy) is 1. The van der Waals surface area contributed by atoms with Crippen molar-refractivity contribution in [2.24, 2.45) is 0 Å². The van der Waals surface area contributed by atoms with Gasteiger partial charge in [0, 0.05) is 25.3 Å². The fourth-order valence-electron chi connectivity index (χ4n) is 3.81. The first kappa shape index (κ1) is 21.4. The van der Waals surface area contributed by atoms with Gasteiger partial charge in [-0.3, -0.25) is 9.69 Å². The Hall–Kier alpha value is -3.33. The molecule has 30 heavy (non-hydrogen) atoms. The molecule has 0 spiro atoms. The average Bonchev–Trinajstić information content (AvgIpc) is 3.33. The van der Waals surface area contributed by atoms with Gasteiger partial charge in [0.15, 0.2) is 0 Å². The van der Waals surface area contributed by atoms with Crippen LogP contribution in [0.15, 0.2) is 18.3 Å². The fraction of sp³-hybridized carbons (Fsp3) is 0.571. The zero-order valence-electron chi connectivity index (χ0n) is 17.5. The largest absolute Gasteiger partial charge is 0.444 e. The highest BCUT2D eigenvalue weighted by Gasteiger charge is 2.45. The third kappa shape index (κ3) is 4.80. The van der Waals surface area contributed by atoms with E-state index < -0.39 is 23.8 Å². The molecule has 0 aliphatic carbocycles. The van der Waals surface area contributed by atoms with Gasteiger partial charge in [0.2, 0.25) is 5.91 Å². The highest BCUT2D eigenvalue weighted by atomic mass is 16.6. The summed E-state index contributed by atoms with van der Waals surface area (Å²) in [5, 5.41) is 21.5. The first-order chi connectivity index (χ1) is 14.2. The standard InChI is InChI=1S/C21H26N6O3/c1-21(2,3)30-20(29)27-13-15(25-18-7-6-14(10-22)12-24-18)9-17(27)19(28)26-8-4-5-16(26)11-23/h6-7,12,15-17H,4-5,8-9,13H2,1-3H3,(H,24,25)/t15-,16-,17-/m0/s1. The van der Waals surface area contributed by atoms with E-state index in [4.69, 9.17) is 10.00 Å². The van der Waals surface area contributed by atoms with Gasteiger partial charge in [0.25, 0.3) is 0 Å². The predicted octanol–water partition coefficient (Wildman–Crippen LogP) is 2.26. The molecule has 0 radical (unpaired) electrons. The van der Waals surface area contributed by atoms with E-state index in [1.165, 1.54) is 11.1 Å². The van der Waals surface area contributed by atoms with Crippen molar-refractivity contribution in [3.05, 3.63) is 23.9 Å². The summed E-state index contributed by atoms with van der Waals surface area (Å²) in [5.41, 5.74) is -0.236. The second kappa shape index (κ2) is 8.58. The molecule has 2 saturated heterocycles. The van der Waals surface area contributed by atoms with Gasteiger partial charge >= 0.3 is 6.09 Å². The Balaban J connectivity index is 1.78. The molecule has 0 unspecified atom stereocenters. The topological polar surface area (TPSA) is 122 Å². The molecular weight excluding hydrogens is 384 g/mol. The maximum atomic E-state index is 13.2. The van der Waals surface area contributed by atoms with Crippen LogP contribution < -0.4 is 5.32 Å². The molecule has 2 amide bonds. The number of amides is 2. The number of carbonyl (C=O) groups is 2. The lowest BCUT2D eigenvalue weighted by Gasteiger charge is -2.30. The van der Waals surface area contributed by atoms with E-state index in [1.807, 2.05) is 6.07 Å². The number of nitrogens with zero attached hydrogens (tertiary/aromatic N) is 5. The Morgan fingerprint density at radius 3 is 2.63 bits per heavy atom. The van der Waals surface area contributed by atoms with Crippen LogP contribution in [0.3, 0.4) is 0 Å². The monoisotopic (exact) mass is 410 g/mol. The molecule has 3 rings (SSSR count). The first-order valence-corrected chi connectivity index (χ1v) is 10.0. The second-order valence-electron chi connectivity index (χ2n) is 8.59. The lowest BCUT2D eigenvalue weighted by atomic mass is 10.1. The van der Waals surface area contributed by atoms with E-state index in [-0.39, 0.29) is 18.5 Å². The minimum absolute atomic E-state index is 0.213. The highest BCUT2D eigenvalue weighted by Crippen LogP contribution is 2.28. The molecule has 3 heterocycles. The number of likely N-dealkylation sites (tertiary alicyclic amines) is 2. The summed E-state index contributed by atoms with van der Waals surface area (Å²) in [7, 11) is 0. The van der Waals surface area contributed by atoms with Crippen molar-refractivity contribution in [2.45, 2.75) is 63.8 Å². The van der Waals surface area contributed by atoms with Crippen LogP contribution in [-0.4, -0.2) is 63.6 Å². The summed E-state index contributed by atoms with van der Waals surface area (Å²) in [6, 6.07) is 6.17. The number of carbonyl (C=O) groups excluding carboxylic acids is 2. The average molecular weight is 410 g/mol. The van der Waals surface area contributed by atoms with Crippen molar-refractivity contribution in [1.82, 2.24) is 14.8 Å². The molecule has 2 fully saturated rings. The van der Waals surface area contributed by atoms with Crippen LogP contribution in [0.1, 0.15) is 45.6 Å². The Kier molecular flexibility index (Phi) is 6.12. The number of pyridine rings is 1. The van der Waals surface area contributed by atoms with E-state index in [9.17, 15) is 14.9 Å². The van der Waals surface area contributed by atoms with Crippen molar-refractivity contribution in [3.63, 3.8) is 0 Å². The zero-order chi connectivity index (χ0) is 21.9. The van der Waals surface area contributed by atoms with Crippen LogP contribution in [0.5, 0.6) is 0 Å². The van der Waals surface area contributed by atoms with E-state index in [1.54, 1.807) is 37.8 Å². The quantitative estimate of drug-likeness (QED) is 0.811. The van der Waals surface area contributed by atoms with E-state index >= 15 is 0 Å². The molecular formula is C21H26N6O3. The number of aromatic nitrogens is 1. The summed E-state index contributed by atoms with van der Waals surface area (Å²) >= 11 is 0. The van der Waals surface area contributed by atoms with E-state index in [0.717, 1.165) is 6.42 Å². The molecule has 9 nitrogen and oxygen atoms in total. The smallest absolute Gasteiger partial charge is 0.411 e. The molecule has 1 N–H and O–H groups in total. The third-order valence-electron chi connectivity index (χ3n) is 5.14. The molecule has 2 aliphatic rings. The number of nitriles is 2. The van der Waals surface area contributed by atoms with Gasteiger partial charge in [0.1, 0.15) is 29.6 Å². The summed E-state index contributed by atoms with van der Waals surface area (Å²) in [5.74, 6) is 0.342. The Labute approximate surface area is 176 Å². The van der Waals surface area contributed by atoms with Crippen LogP contribution in [0.4, 0.5) is 10.6 Å². The van der Waals surface area contributed by atoms with Crippen molar-refractivity contribution in [3.8, 4) is 12.1 Å². The van der Waals surface area contributed by atoms with Crippen LogP contribution in [-0.2, 0) is 9.53 Å². The van der Waals surface area contributed by atoms with Crippen LogP contribution in [0, 0.1) is 22.7 Å². The van der Waals surface area contributed by atoms with Crippen molar-refractivity contribution in [1.29, 1.82) is 10.5 Å². The molecule has 1 aromatic rings. The van der Waals surface area contributed by atoms with Gasteiger partial charge in [-0.2, -0.15) is 10.5 Å². The molecule has 1 aromatic heterocycles. The fourth-order valence-corrected chi connectivity index (χ4v) is 3.81. The van der Waals surface area contributed by atoms with Gasteiger partial charge in [-0.15, -0.1) is 0 Å². The molecule has 0 bridgehead atoms. The molecule has 0 aromatic carbocycles. The highest BCUT2D eigenvalue weighted by molar-refractivity contribution is 5.87. The summed E-state index contributed by atoms with van der Waals surface area (Å²) in [4.78, 5) is 33.3. The SMILES string of the molecule is CC(C)(C)OC(=O)N1C[C@@H](Nc2ccc(C#N)cn2)C[C@H]1C(=O)N1CCC[C@H]1C#N. The zero-order valence-corrected chi connectivity index (χ0v) is 17.5. The minimum atomic E-state index is -0.704. The number of anilines is 1. The Morgan fingerprint density at radius 2 is 2.03 bits per heavy atom. The number of hydrogen-bond acceptors (Lipinski definition) is 7. The van der Waals surface area contributed by atoms with Gasteiger partial charge < -0.3 is 15.0 Å². The maximum Gasteiger partial charge on any atom is 0.411 e. The van der Waals surface area contributed by atoms with Crippen molar-refractivity contribution in [2.75, 3.05) is 18.4 Å². The lowest BCUT2D eigenvalue weighted by Crippen LogP contribution is -2.50. The third-order valence-corrected chi connectivity index (χ3v) is 5.14. The van der Waals surface area contributed by atoms with Crippen LogP contribution >= 0.6 is 0 Å². The second-order valence-corrected chi connectivity index (χ2v) is 8.59. The number of hydrogen-bond donors (Lipinski definition) is 1. The van der Waals surface area contributed by atoms with E-state index in [2.05, 4.69) is 16.4 Å². The lowest BCUT2D eigenvalue weighted by molar-refractivity contribution is -0.135. The van der Waals surface area contributed by atoms with Crippen LogP contribution in [0.25, 0.3) is 0 Å². The molecule has 2 aliphatic heterocycles. The van der Waals surface area contributed by atoms with Gasteiger partial charge in [-0.05, 0) is 52.2 Å². The van der Waals surface area contributed by atoms with E-state index in [0.29, 0.717) is 30.8 Å². The molecule has 3 atom stereocenters. The summed E-state index contributed by atoms with van der Waals surface area (Å²) in [6.07, 6.45) is 2.73. The first-order valence-electron chi connectivity index (χ1n) is 10.0. The van der Waals surface area contributed by atoms with Gasteiger partial charge in [-0.1, -0.05) is 0 Å². The van der Waals surface area contributed by atoms with Crippen molar-refractivity contribution < 1.29 is 14.3 Å². The normalized spacial score (nSPS) is 23.6. The maximum absolute atomic E-state index is 13.2. The number of rotatable bonds is 3. The molecule has 0 saturated carbocycles. The van der Waals surface area contributed by atoms with Gasteiger partial charge in [0.05, 0.1) is 11.6 Å². The Bertz CT molecular complexity index is 880. The minimum Gasteiger partial charge on any atom is -0.444 e. The summed E-state index contributed by atoms with van der Waals surface area (Å²) < 4.78 is 5.52. The molecule has 158 valence electrons. The molecule has 9 heteroatoms. The van der Waals surface area contributed by atoms with Crippen LogP contribution in [0.2, 0.25) is 0 Å².